The third kappa shape index (κ3) is 2.04. The zero-order valence-corrected chi connectivity index (χ0v) is 9.42. The van der Waals surface area contributed by atoms with Crippen LogP contribution in [-0.4, -0.2) is 31.7 Å². The summed E-state index contributed by atoms with van der Waals surface area (Å²) in [7, 11) is 0. The standard InChI is InChI=1S/C10H14N2O2S/c1-7-2-3-10(15-7)12-8(4-11)5-14-6-9(12)13/h2-3,8H,4-6,11H2,1H3. The highest BCUT2D eigenvalue weighted by molar-refractivity contribution is 7.16. The first-order valence-corrected chi connectivity index (χ1v) is 5.70. The summed E-state index contributed by atoms with van der Waals surface area (Å²) in [5.41, 5.74) is 5.63. The number of rotatable bonds is 2. The van der Waals surface area contributed by atoms with Crippen molar-refractivity contribution in [3.05, 3.63) is 17.0 Å². The highest BCUT2D eigenvalue weighted by atomic mass is 32.1. The first-order valence-electron chi connectivity index (χ1n) is 4.88. The molecule has 0 saturated carbocycles. The molecule has 0 spiro atoms. The van der Waals surface area contributed by atoms with Crippen molar-refractivity contribution in [1.29, 1.82) is 0 Å². The van der Waals surface area contributed by atoms with E-state index < -0.39 is 0 Å². The van der Waals surface area contributed by atoms with E-state index in [1.54, 1.807) is 16.2 Å². The lowest BCUT2D eigenvalue weighted by molar-refractivity contribution is -0.127. The minimum absolute atomic E-state index is 0.00134. The van der Waals surface area contributed by atoms with Gasteiger partial charge in [0.2, 0.25) is 0 Å². The number of thiophene rings is 1. The van der Waals surface area contributed by atoms with Gasteiger partial charge in [0.1, 0.15) is 6.61 Å². The molecule has 1 atom stereocenters. The monoisotopic (exact) mass is 226 g/mol. The molecule has 2 heterocycles. The summed E-state index contributed by atoms with van der Waals surface area (Å²) in [5, 5.41) is 0.969. The number of ether oxygens (including phenoxy) is 1. The van der Waals surface area contributed by atoms with Crippen LogP contribution in [-0.2, 0) is 9.53 Å². The fourth-order valence-corrected chi connectivity index (χ4v) is 2.61. The maximum atomic E-state index is 11.7. The summed E-state index contributed by atoms with van der Waals surface area (Å²) in [5.74, 6) is -0.00134. The Balaban J connectivity index is 2.26. The number of hydrogen-bond acceptors (Lipinski definition) is 4. The minimum Gasteiger partial charge on any atom is -0.369 e. The second kappa shape index (κ2) is 4.30. The molecule has 2 N–H and O–H groups in total. The molecule has 1 fully saturated rings. The normalized spacial score (nSPS) is 22.1. The molecule has 82 valence electrons. The Kier molecular flexibility index (Phi) is 3.04. The molecule has 1 saturated heterocycles. The number of nitrogens with two attached hydrogens (primary N) is 1. The quantitative estimate of drug-likeness (QED) is 0.809. The molecule has 1 unspecified atom stereocenters. The lowest BCUT2D eigenvalue weighted by Crippen LogP contribution is -2.52. The average Bonchev–Trinajstić information content (AvgIpc) is 2.64. The number of morpholine rings is 1. The van der Waals surface area contributed by atoms with E-state index in [0.29, 0.717) is 13.2 Å². The van der Waals surface area contributed by atoms with Crippen molar-refractivity contribution in [3.63, 3.8) is 0 Å². The minimum atomic E-state index is -0.0238. The second-order valence-electron chi connectivity index (χ2n) is 3.55. The number of carbonyl (C=O) groups excluding carboxylic acids is 1. The molecule has 0 bridgehead atoms. The molecule has 1 aliphatic heterocycles. The van der Waals surface area contributed by atoms with Crippen molar-refractivity contribution >= 4 is 22.2 Å². The maximum Gasteiger partial charge on any atom is 0.253 e. The molecule has 15 heavy (non-hydrogen) atoms. The van der Waals surface area contributed by atoms with Gasteiger partial charge in [-0.1, -0.05) is 0 Å². The van der Waals surface area contributed by atoms with Crippen LogP contribution in [0.5, 0.6) is 0 Å². The van der Waals surface area contributed by atoms with Gasteiger partial charge in [-0.05, 0) is 19.1 Å². The van der Waals surface area contributed by atoms with E-state index in [1.165, 1.54) is 4.88 Å². The van der Waals surface area contributed by atoms with Crippen LogP contribution in [0.25, 0.3) is 0 Å². The highest BCUT2D eigenvalue weighted by Crippen LogP contribution is 2.28. The second-order valence-corrected chi connectivity index (χ2v) is 4.82. The van der Waals surface area contributed by atoms with Gasteiger partial charge in [0.25, 0.3) is 5.91 Å². The molecule has 1 amide bonds. The molecule has 0 aromatic carbocycles. The van der Waals surface area contributed by atoms with Gasteiger partial charge in [0, 0.05) is 11.4 Å². The number of anilines is 1. The van der Waals surface area contributed by atoms with Crippen molar-refractivity contribution < 1.29 is 9.53 Å². The molecular formula is C10H14N2O2S. The number of carbonyl (C=O) groups is 1. The third-order valence-corrected chi connectivity index (χ3v) is 3.41. The Bertz CT molecular complexity index is 364. The largest absolute Gasteiger partial charge is 0.369 e. The smallest absolute Gasteiger partial charge is 0.253 e. The van der Waals surface area contributed by atoms with E-state index in [1.807, 2.05) is 19.1 Å². The predicted molar refractivity (Wildman–Crippen MR) is 60.2 cm³/mol. The summed E-state index contributed by atoms with van der Waals surface area (Å²) >= 11 is 1.61. The van der Waals surface area contributed by atoms with Crippen LogP contribution in [0.1, 0.15) is 4.88 Å². The van der Waals surface area contributed by atoms with Gasteiger partial charge in [0.15, 0.2) is 0 Å². The zero-order chi connectivity index (χ0) is 10.8. The lowest BCUT2D eigenvalue weighted by Gasteiger charge is -2.33. The van der Waals surface area contributed by atoms with Crippen molar-refractivity contribution in [2.24, 2.45) is 5.73 Å². The van der Waals surface area contributed by atoms with E-state index >= 15 is 0 Å². The van der Waals surface area contributed by atoms with Gasteiger partial charge < -0.3 is 10.5 Å². The van der Waals surface area contributed by atoms with Crippen molar-refractivity contribution in [2.45, 2.75) is 13.0 Å². The lowest BCUT2D eigenvalue weighted by atomic mass is 10.2. The molecule has 1 aromatic heterocycles. The van der Waals surface area contributed by atoms with Crippen molar-refractivity contribution in [1.82, 2.24) is 0 Å². The molecular weight excluding hydrogens is 212 g/mol. The zero-order valence-electron chi connectivity index (χ0n) is 8.60. The van der Waals surface area contributed by atoms with Gasteiger partial charge >= 0.3 is 0 Å². The van der Waals surface area contributed by atoms with Crippen LogP contribution in [0.15, 0.2) is 12.1 Å². The summed E-state index contributed by atoms with van der Waals surface area (Å²) in [6.07, 6.45) is 0. The topological polar surface area (TPSA) is 55.6 Å². The van der Waals surface area contributed by atoms with E-state index in [2.05, 4.69) is 0 Å². The third-order valence-electron chi connectivity index (χ3n) is 2.41. The van der Waals surface area contributed by atoms with Gasteiger partial charge in [-0.25, -0.2) is 0 Å². The van der Waals surface area contributed by atoms with E-state index in [-0.39, 0.29) is 18.6 Å². The molecule has 0 radical (unpaired) electrons. The molecule has 1 aromatic rings. The van der Waals surface area contributed by atoms with E-state index in [9.17, 15) is 4.79 Å². The van der Waals surface area contributed by atoms with Crippen LogP contribution in [0, 0.1) is 6.92 Å². The van der Waals surface area contributed by atoms with Gasteiger partial charge in [-0.3, -0.25) is 9.69 Å². The molecule has 2 rings (SSSR count). The summed E-state index contributed by atoms with van der Waals surface area (Å²) in [6, 6.07) is 3.95. The predicted octanol–water partition coefficient (Wildman–Crippen LogP) is 0.747. The fourth-order valence-electron chi connectivity index (χ4n) is 1.66. The fraction of sp³-hybridized carbons (Fsp3) is 0.500. The van der Waals surface area contributed by atoms with Crippen molar-refractivity contribution in [2.75, 3.05) is 24.7 Å². The summed E-state index contributed by atoms with van der Waals surface area (Å²) in [6.45, 7) is 3.14. The maximum absolute atomic E-state index is 11.7. The number of nitrogens with zero attached hydrogens (tertiary/aromatic N) is 1. The Labute approximate surface area is 92.6 Å². The van der Waals surface area contributed by atoms with Crippen LogP contribution in [0.3, 0.4) is 0 Å². The van der Waals surface area contributed by atoms with Crippen LogP contribution < -0.4 is 10.6 Å². The first kappa shape index (κ1) is 10.6. The number of aryl methyl sites for hydroxylation is 1. The van der Waals surface area contributed by atoms with Crippen LogP contribution >= 0.6 is 11.3 Å². The van der Waals surface area contributed by atoms with Crippen molar-refractivity contribution in [3.8, 4) is 0 Å². The molecule has 4 nitrogen and oxygen atoms in total. The average molecular weight is 226 g/mol. The number of amides is 1. The Hall–Kier alpha value is -0.910. The molecule has 0 aliphatic carbocycles. The van der Waals surface area contributed by atoms with Gasteiger partial charge in [-0.15, -0.1) is 11.3 Å². The highest BCUT2D eigenvalue weighted by Gasteiger charge is 2.29. The van der Waals surface area contributed by atoms with E-state index in [4.69, 9.17) is 10.5 Å². The van der Waals surface area contributed by atoms with Gasteiger partial charge in [-0.2, -0.15) is 0 Å². The summed E-state index contributed by atoms with van der Waals surface area (Å²) in [4.78, 5) is 14.7. The number of hydrogen-bond donors (Lipinski definition) is 1. The Morgan fingerprint density at radius 2 is 2.47 bits per heavy atom. The SMILES string of the molecule is Cc1ccc(N2C(=O)COCC2CN)s1. The Morgan fingerprint density at radius 1 is 1.67 bits per heavy atom. The Morgan fingerprint density at radius 3 is 3.07 bits per heavy atom. The van der Waals surface area contributed by atoms with E-state index in [0.717, 1.165) is 5.00 Å². The van der Waals surface area contributed by atoms with Crippen LogP contribution in [0.2, 0.25) is 0 Å². The molecule has 1 aliphatic rings. The molecule has 5 heteroatoms. The van der Waals surface area contributed by atoms with Gasteiger partial charge in [0.05, 0.1) is 17.6 Å². The summed E-state index contributed by atoms with van der Waals surface area (Å²) < 4.78 is 5.18. The first-order chi connectivity index (χ1) is 7.22. The van der Waals surface area contributed by atoms with Crippen LogP contribution in [0.4, 0.5) is 5.00 Å².